The lowest BCUT2D eigenvalue weighted by Gasteiger charge is -1.88. The van der Waals surface area contributed by atoms with Crippen LogP contribution in [0, 0.1) is 11.8 Å². The van der Waals surface area contributed by atoms with Gasteiger partial charge >= 0.3 is 0 Å². The molecule has 0 atom stereocenters. The molecule has 2 heteroatoms. The summed E-state index contributed by atoms with van der Waals surface area (Å²) >= 11 is 5.67. The summed E-state index contributed by atoms with van der Waals surface area (Å²) < 4.78 is 0. The Morgan fingerprint density at radius 2 is 2.00 bits per heavy atom. The van der Waals surface area contributed by atoms with Gasteiger partial charge in [0.1, 0.15) is 6.29 Å². The smallest absolute Gasteiger partial charge is 0.131 e. The molecule has 0 saturated carbocycles. The molecule has 0 heterocycles. The quantitative estimate of drug-likeness (QED) is 0.476. The summed E-state index contributed by atoms with van der Waals surface area (Å²) in [5, 5.41) is 0.691. The molecule has 0 bridgehead atoms. The predicted molar refractivity (Wildman–Crippen MR) is 49.0 cm³/mol. The zero-order valence-corrected chi connectivity index (χ0v) is 7.14. The Morgan fingerprint density at radius 1 is 1.33 bits per heavy atom. The highest BCUT2D eigenvalue weighted by molar-refractivity contribution is 6.30. The van der Waals surface area contributed by atoms with Crippen molar-refractivity contribution < 1.29 is 4.79 Å². The van der Waals surface area contributed by atoms with Crippen LogP contribution in [0.5, 0.6) is 0 Å². The first-order valence-electron chi connectivity index (χ1n) is 3.51. The van der Waals surface area contributed by atoms with E-state index in [-0.39, 0.29) is 6.42 Å². The maximum Gasteiger partial charge on any atom is 0.131 e. The molecule has 0 radical (unpaired) electrons. The number of halogens is 1. The Bertz CT molecular complexity index is 316. The van der Waals surface area contributed by atoms with Crippen LogP contribution >= 0.6 is 11.6 Å². The van der Waals surface area contributed by atoms with Crippen LogP contribution in [0.2, 0.25) is 5.02 Å². The molecule has 1 aromatic rings. The highest BCUT2D eigenvalue weighted by Gasteiger charge is 1.85. The van der Waals surface area contributed by atoms with Gasteiger partial charge in [-0.15, -0.1) is 0 Å². The summed E-state index contributed by atoms with van der Waals surface area (Å²) in [4.78, 5) is 9.93. The molecule has 0 aromatic heterocycles. The molecule has 1 aromatic carbocycles. The Balaban J connectivity index is 2.72. The molecule has 0 saturated heterocycles. The van der Waals surface area contributed by atoms with Gasteiger partial charge in [-0.05, 0) is 24.3 Å². The second-order valence-corrected chi connectivity index (χ2v) is 2.62. The molecule has 0 aliphatic rings. The molecule has 0 unspecified atom stereocenters. The first-order valence-corrected chi connectivity index (χ1v) is 3.89. The molecule has 0 N–H and O–H groups in total. The lowest BCUT2D eigenvalue weighted by molar-refractivity contribution is -0.107. The van der Waals surface area contributed by atoms with Crippen LogP contribution in [0.4, 0.5) is 0 Å². The van der Waals surface area contributed by atoms with Crippen molar-refractivity contribution in [3.05, 3.63) is 34.9 Å². The predicted octanol–water partition coefficient (Wildman–Crippen LogP) is 2.28. The largest absolute Gasteiger partial charge is 0.302 e. The lowest BCUT2D eigenvalue weighted by atomic mass is 10.2. The lowest BCUT2D eigenvalue weighted by Crippen LogP contribution is -1.73. The molecule has 0 aliphatic heterocycles. The minimum absolute atomic E-state index is 0.280. The van der Waals surface area contributed by atoms with Gasteiger partial charge in [0, 0.05) is 10.6 Å². The number of carbonyl (C=O) groups excluding carboxylic acids is 1. The average Bonchev–Trinajstić information content (AvgIpc) is 2.09. The Morgan fingerprint density at radius 3 is 2.58 bits per heavy atom. The normalized spacial score (nSPS) is 8.42. The molecule has 0 amide bonds. The maximum absolute atomic E-state index is 9.93. The number of carbonyl (C=O) groups is 1. The molecule has 0 fully saturated rings. The van der Waals surface area contributed by atoms with Crippen molar-refractivity contribution in [3.8, 4) is 11.8 Å². The van der Waals surface area contributed by atoms with Crippen molar-refractivity contribution in [2.24, 2.45) is 0 Å². The fraction of sp³-hybridized carbons (Fsp3) is 0.100. The summed E-state index contributed by atoms with van der Waals surface area (Å²) in [6.45, 7) is 0. The van der Waals surface area contributed by atoms with Gasteiger partial charge in [-0.25, -0.2) is 0 Å². The van der Waals surface area contributed by atoms with Crippen LogP contribution in [-0.2, 0) is 4.79 Å². The summed E-state index contributed by atoms with van der Waals surface area (Å²) in [5.41, 5.74) is 0.876. The molecular formula is C10H7ClO. The standard InChI is InChI=1S/C10H7ClO/c11-10-6-4-9(5-7-10)3-1-2-8-12/h4-8H,2H2. The van der Waals surface area contributed by atoms with Crippen molar-refractivity contribution in [3.63, 3.8) is 0 Å². The van der Waals surface area contributed by atoms with E-state index in [0.717, 1.165) is 11.8 Å². The Labute approximate surface area is 76.4 Å². The second kappa shape index (κ2) is 4.58. The number of rotatable bonds is 1. The minimum atomic E-state index is 0.280. The van der Waals surface area contributed by atoms with Crippen LogP contribution in [-0.4, -0.2) is 6.29 Å². The van der Waals surface area contributed by atoms with E-state index in [0.29, 0.717) is 5.02 Å². The van der Waals surface area contributed by atoms with E-state index in [2.05, 4.69) is 11.8 Å². The van der Waals surface area contributed by atoms with Crippen molar-refractivity contribution in [2.75, 3.05) is 0 Å². The van der Waals surface area contributed by atoms with E-state index in [1.165, 1.54) is 0 Å². The van der Waals surface area contributed by atoms with E-state index in [4.69, 9.17) is 11.6 Å². The van der Waals surface area contributed by atoms with E-state index in [1.54, 1.807) is 12.1 Å². The first-order chi connectivity index (χ1) is 5.83. The molecule has 1 nitrogen and oxygen atoms in total. The highest BCUT2D eigenvalue weighted by atomic mass is 35.5. The molecule has 60 valence electrons. The molecule has 12 heavy (non-hydrogen) atoms. The molecular weight excluding hydrogens is 172 g/mol. The van der Waals surface area contributed by atoms with Crippen LogP contribution in [0.25, 0.3) is 0 Å². The monoisotopic (exact) mass is 178 g/mol. The zero-order valence-electron chi connectivity index (χ0n) is 6.38. The number of hydrogen-bond acceptors (Lipinski definition) is 1. The van der Waals surface area contributed by atoms with Gasteiger partial charge in [0.25, 0.3) is 0 Å². The Hall–Kier alpha value is -1.26. The first kappa shape index (κ1) is 8.83. The van der Waals surface area contributed by atoms with E-state index in [9.17, 15) is 4.79 Å². The van der Waals surface area contributed by atoms with Crippen molar-refractivity contribution >= 4 is 17.9 Å². The fourth-order valence-electron chi connectivity index (χ4n) is 0.728. The van der Waals surface area contributed by atoms with Crippen LogP contribution in [0.3, 0.4) is 0 Å². The zero-order chi connectivity index (χ0) is 8.81. The number of aldehydes is 1. The van der Waals surface area contributed by atoms with Crippen LogP contribution < -0.4 is 0 Å². The molecule has 1 rings (SSSR count). The fourth-order valence-corrected chi connectivity index (χ4v) is 0.854. The van der Waals surface area contributed by atoms with Gasteiger partial charge in [-0.3, -0.25) is 0 Å². The third kappa shape index (κ3) is 2.77. The van der Waals surface area contributed by atoms with Crippen molar-refractivity contribution in [2.45, 2.75) is 6.42 Å². The second-order valence-electron chi connectivity index (χ2n) is 2.18. The number of benzene rings is 1. The third-order valence-corrected chi connectivity index (χ3v) is 1.51. The molecule has 0 aliphatic carbocycles. The highest BCUT2D eigenvalue weighted by Crippen LogP contribution is 2.08. The van der Waals surface area contributed by atoms with Gasteiger partial charge < -0.3 is 4.79 Å². The van der Waals surface area contributed by atoms with Gasteiger partial charge in [-0.1, -0.05) is 23.4 Å². The van der Waals surface area contributed by atoms with Crippen LogP contribution in [0.15, 0.2) is 24.3 Å². The van der Waals surface area contributed by atoms with E-state index in [1.807, 2.05) is 12.1 Å². The van der Waals surface area contributed by atoms with E-state index >= 15 is 0 Å². The van der Waals surface area contributed by atoms with Crippen LogP contribution in [0.1, 0.15) is 12.0 Å². The average molecular weight is 179 g/mol. The molecule has 0 spiro atoms. The topological polar surface area (TPSA) is 17.1 Å². The Kier molecular flexibility index (Phi) is 3.37. The van der Waals surface area contributed by atoms with Gasteiger partial charge in [0.05, 0.1) is 6.42 Å². The van der Waals surface area contributed by atoms with Gasteiger partial charge in [0.15, 0.2) is 0 Å². The van der Waals surface area contributed by atoms with Crippen molar-refractivity contribution in [1.82, 2.24) is 0 Å². The third-order valence-electron chi connectivity index (χ3n) is 1.26. The SMILES string of the molecule is O=CCC#Cc1ccc(Cl)cc1. The van der Waals surface area contributed by atoms with Gasteiger partial charge in [-0.2, -0.15) is 0 Å². The maximum atomic E-state index is 9.93. The van der Waals surface area contributed by atoms with E-state index < -0.39 is 0 Å². The van der Waals surface area contributed by atoms with Crippen molar-refractivity contribution in [1.29, 1.82) is 0 Å². The van der Waals surface area contributed by atoms with Gasteiger partial charge in [0.2, 0.25) is 0 Å². The number of hydrogen-bond donors (Lipinski definition) is 0. The summed E-state index contributed by atoms with van der Waals surface area (Å²) in [5.74, 6) is 5.54. The minimum Gasteiger partial charge on any atom is -0.302 e. The summed E-state index contributed by atoms with van der Waals surface area (Å²) in [7, 11) is 0. The summed E-state index contributed by atoms with van der Waals surface area (Å²) in [6, 6.07) is 7.18. The summed E-state index contributed by atoms with van der Waals surface area (Å²) in [6.07, 6.45) is 1.06.